The highest BCUT2D eigenvalue weighted by Gasteiger charge is 2.31. The monoisotopic (exact) mass is 462 g/mol. The molecule has 1 N–H and O–H groups in total. The SMILES string of the molecule is CCN(CC1CCN(C(=O)NCc2cccnc2)CC1)C(C)Cc1cccc(C(F)(F)F)c1. The number of likely N-dealkylation sites (tertiary alicyclic amines) is 1. The Bertz CT molecular complexity index is 883. The van der Waals surface area contributed by atoms with E-state index >= 15 is 0 Å². The van der Waals surface area contributed by atoms with Gasteiger partial charge in [-0.1, -0.05) is 31.2 Å². The largest absolute Gasteiger partial charge is 0.416 e. The number of alkyl halides is 3. The third-order valence-corrected chi connectivity index (χ3v) is 6.38. The molecule has 1 unspecified atom stereocenters. The van der Waals surface area contributed by atoms with Gasteiger partial charge in [0.15, 0.2) is 0 Å². The first-order valence-electron chi connectivity index (χ1n) is 11.6. The molecular weight excluding hydrogens is 429 g/mol. The van der Waals surface area contributed by atoms with Crippen molar-refractivity contribution in [2.24, 2.45) is 5.92 Å². The summed E-state index contributed by atoms with van der Waals surface area (Å²) in [6.07, 6.45) is 1.55. The van der Waals surface area contributed by atoms with Gasteiger partial charge < -0.3 is 15.1 Å². The fourth-order valence-corrected chi connectivity index (χ4v) is 4.41. The molecule has 2 aromatic rings. The molecule has 2 heterocycles. The van der Waals surface area contributed by atoms with E-state index < -0.39 is 11.7 Å². The lowest BCUT2D eigenvalue weighted by Crippen LogP contribution is -2.46. The predicted molar refractivity (Wildman–Crippen MR) is 123 cm³/mol. The minimum atomic E-state index is -4.32. The number of amides is 2. The van der Waals surface area contributed by atoms with E-state index in [1.807, 2.05) is 17.0 Å². The molecule has 2 amide bonds. The number of hydrogen-bond donors (Lipinski definition) is 1. The Kier molecular flexibility index (Phi) is 8.72. The number of carbonyl (C=O) groups is 1. The van der Waals surface area contributed by atoms with Crippen LogP contribution in [-0.4, -0.2) is 53.0 Å². The summed E-state index contributed by atoms with van der Waals surface area (Å²) in [5, 5.41) is 2.95. The van der Waals surface area contributed by atoms with Gasteiger partial charge in [-0.15, -0.1) is 0 Å². The smallest absolute Gasteiger partial charge is 0.334 e. The normalized spacial score (nSPS) is 16.1. The van der Waals surface area contributed by atoms with Gasteiger partial charge in [-0.2, -0.15) is 13.2 Å². The van der Waals surface area contributed by atoms with Crippen LogP contribution in [0, 0.1) is 5.92 Å². The zero-order valence-corrected chi connectivity index (χ0v) is 19.3. The maximum absolute atomic E-state index is 13.0. The van der Waals surface area contributed by atoms with E-state index in [-0.39, 0.29) is 12.1 Å². The Hall–Kier alpha value is -2.61. The van der Waals surface area contributed by atoms with E-state index in [9.17, 15) is 18.0 Å². The van der Waals surface area contributed by atoms with Crippen LogP contribution >= 0.6 is 0 Å². The molecule has 0 bridgehead atoms. The van der Waals surface area contributed by atoms with Crippen molar-refractivity contribution in [1.29, 1.82) is 0 Å². The van der Waals surface area contributed by atoms with Crippen LogP contribution < -0.4 is 5.32 Å². The van der Waals surface area contributed by atoms with Gasteiger partial charge in [-0.3, -0.25) is 4.98 Å². The second-order valence-electron chi connectivity index (χ2n) is 8.79. The first-order chi connectivity index (χ1) is 15.8. The summed E-state index contributed by atoms with van der Waals surface area (Å²) < 4.78 is 39.1. The van der Waals surface area contributed by atoms with E-state index in [1.165, 1.54) is 12.1 Å². The Morgan fingerprint density at radius 2 is 1.94 bits per heavy atom. The summed E-state index contributed by atoms with van der Waals surface area (Å²) in [5.74, 6) is 0.469. The van der Waals surface area contributed by atoms with Crippen molar-refractivity contribution in [2.75, 3.05) is 26.2 Å². The number of piperidine rings is 1. The summed E-state index contributed by atoms with van der Waals surface area (Å²) in [6.45, 7) is 7.78. The molecular formula is C25H33F3N4O. The van der Waals surface area contributed by atoms with E-state index in [2.05, 4.69) is 29.0 Å². The molecule has 5 nitrogen and oxygen atoms in total. The third kappa shape index (κ3) is 7.45. The van der Waals surface area contributed by atoms with Gasteiger partial charge in [0.05, 0.1) is 5.56 Å². The number of carbonyl (C=O) groups excluding carboxylic acids is 1. The number of nitrogens with zero attached hydrogens (tertiary/aromatic N) is 3. The molecule has 1 saturated heterocycles. The summed E-state index contributed by atoms with van der Waals surface area (Å²) in [5.41, 5.74) is 1.08. The van der Waals surface area contributed by atoms with Crippen molar-refractivity contribution >= 4 is 6.03 Å². The first-order valence-corrected chi connectivity index (χ1v) is 11.6. The molecule has 0 spiro atoms. The molecule has 1 aliphatic heterocycles. The third-order valence-electron chi connectivity index (χ3n) is 6.38. The van der Waals surface area contributed by atoms with Crippen LogP contribution in [0.5, 0.6) is 0 Å². The second kappa shape index (κ2) is 11.5. The average molecular weight is 463 g/mol. The molecule has 8 heteroatoms. The van der Waals surface area contributed by atoms with E-state index in [1.54, 1.807) is 18.5 Å². The number of likely N-dealkylation sites (N-methyl/N-ethyl adjacent to an activating group) is 1. The number of urea groups is 1. The van der Waals surface area contributed by atoms with Crippen LogP contribution in [0.2, 0.25) is 0 Å². The highest BCUT2D eigenvalue weighted by molar-refractivity contribution is 5.74. The molecule has 0 aliphatic carbocycles. The standard InChI is InChI=1S/C25H33F3N4O/c1-3-31(19(2)14-21-6-4-8-23(15-21)25(26,27)28)18-20-9-12-32(13-10-20)24(33)30-17-22-7-5-11-29-16-22/h4-8,11,15-16,19-20H,3,9-10,12-14,17-18H2,1-2H3,(H,30,33). The average Bonchev–Trinajstić information content (AvgIpc) is 2.81. The molecule has 180 valence electrons. The van der Waals surface area contributed by atoms with Crippen molar-refractivity contribution in [3.63, 3.8) is 0 Å². The van der Waals surface area contributed by atoms with Crippen molar-refractivity contribution in [2.45, 2.75) is 51.9 Å². The lowest BCUT2D eigenvalue weighted by molar-refractivity contribution is -0.137. The van der Waals surface area contributed by atoms with Gasteiger partial charge in [0.1, 0.15) is 0 Å². The lowest BCUT2D eigenvalue weighted by Gasteiger charge is -2.36. The maximum Gasteiger partial charge on any atom is 0.416 e. The van der Waals surface area contributed by atoms with Gasteiger partial charge in [0.25, 0.3) is 0 Å². The van der Waals surface area contributed by atoms with Gasteiger partial charge in [0.2, 0.25) is 0 Å². The number of hydrogen-bond acceptors (Lipinski definition) is 3. The van der Waals surface area contributed by atoms with E-state index in [0.717, 1.165) is 37.6 Å². The zero-order chi connectivity index (χ0) is 23.8. The minimum absolute atomic E-state index is 0.0532. The van der Waals surface area contributed by atoms with E-state index in [4.69, 9.17) is 0 Å². The maximum atomic E-state index is 13.0. The lowest BCUT2D eigenvalue weighted by atomic mass is 9.95. The Morgan fingerprint density at radius 1 is 1.21 bits per heavy atom. The second-order valence-corrected chi connectivity index (χ2v) is 8.79. The van der Waals surface area contributed by atoms with Crippen molar-refractivity contribution in [1.82, 2.24) is 20.1 Å². The summed E-state index contributed by atoms with van der Waals surface area (Å²) in [7, 11) is 0. The summed E-state index contributed by atoms with van der Waals surface area (Å²) in [4.78, 5) is 20.7. The van der Waals surface area contributed by atoms with Crippen LogP contribution in [0.3, 0.4) is 0 Å². The molecule has 0 radical (unpaired) electrons. The molecule has 1 fully saturated rings. The molecule has 33 heavy (non-hydrogen) atoms. The van der Waals surface area contributed by atoms with Crippen LogP contribution in [0.1, 0.15) is 43.4 Å². The van der Waals surface area contributed by atoms with Crippen LogP contribution in [0.15, 0.2) is 48.8 Å². The van der Waals surface area contributed by atoms with E-state index in [0.29, 0.717) is 37.5 Å². The Morgan fingerprint density at radius 3 is 2.58 bits per heavy atom. The number of aromatic nitrogens is 1. The molecule has 1 aliphatic rings. The van der Waals surface area contributed by atoms with Crippen LogP contribution in [0.4, 0.5) is 18.0 Å². The van der Waals surface area contributed by atoms with Crippen molar-refractivity contribution in [3.05, 3.63) is 65.5 Å². The van der Waals surface area contributed by atoms with Crippen LogP contribution in [-0.2, 0) is 19.1 Å². The fraction of sp³-hybridized carbons (Fsp3) is 0.520. The minimum Gasteiger partial charge on any atom is -0.334 e. The Labute approximate surface area is 194 Å². The van der Waals surface area contributed by atoms with Gasteiger partial charge >= 0.3 is 12.2 Å². The topological polar surface area (TPSA) is 48.5 Å². The summed E-state index contributed by atoms with van der Waals surface area (Å²) >= 11 is 0. The molecule has 1 aromatic carbocycles. The van der Waals surface area contributed by atoms with Gasteiger partial charge in [-0.25, -0.2) is 4.79 Å². The quantitative estimate of drug-likeness (QED) is 0.602. The predicted octanol–water partition coefficient (Wildman–Crippen LogP) is 4.98. The molecule has 1 aromatic heterocycles. The molecule has 3 rings (SSSR count). The highest BCUT2D eigenvalue weighted by atomic mass is 19.4. The number of nitrogens with one attached hydrogen (secondary N) is 1. The number of pyridine rings is 1. The molecule has 0 saturated carbocycles. The van der Waals surface area contributed by atoms with Gasteiger partial charge in [-0.05, 0) is 61.9 Å². The Balaban J connectivity index is 1.46. The number of rotatable bonds is 8. The number of benzene rings is 1. The first kappa shape index (κ1) is 25.0. The van der Waals surface area contributed by atoms with Gasteiger partial charge in [0, 0.05) is 44.6 Å². The van der Waals surface area contributed by atoms with Crippen molar-refractivity contribution < 1.29 is 18.0 Å². The summed E-state index contributed by atoms with van der Waals surface area (Å²) in [6, 6.07) is 9.49. The van der Waals surface area contributed by atoms with Crippen LogP contribution in [0.25, 0.3) is 0 Å². The fourth-order valence-electron chi connectivity index (χ4n) is 4.41. The molecule has 1 atom stereocenters. The number of halogens is 3. The zero-order valence-electron chi connectivity index (χ0n) is 19.3. The highest BCUT2D eigenvalue weighted by Crippen LogP contribution is 2.30. The van der Waals surface area contributed by atoms with Crippen molar-refractivity contribution in [3.8, 4) is 0 Å².